The minimum Gasteiger partial charge on any atom is -0.493 e. The molecule has 0 fully saturated rings. The van der Waals surface area contributed by atoms with Crippen molar-refractivity contribution in [3.63, 3.8) is 0 Å². The van der Waals surface area contributed by atoms with Gasteiger partial charge in [-0.2, -0.15) is 0 Å². The molecule has 1 heterocycles. The van der Waals surface area contributed by atoms with Crippen LogP contribution in [0.25, 0.3) is 0 Å². The van der Waals surface area contributed by atoms with Crippen molar-refractivity contribution in [2.24, 2.45) is 5.16 Å². The molecule has 0 spiro atoms. The molecule has 164 valence electrons. The molecular formula is C23H26N2O6. The van der Waals surface area contributed by atoms with Crippen molar-refractivity contribution >= 4 is 17.6 Å². The minimum absolute atomic E-state index is 0.0213. The monoisotopic (exact) mass is 426 g/mol. The van der Waals surface area contributed by atoms with Crippen LogP contribution in [0.3, 0.4) is 0 Å². The molecule has 8 heteroatoms. The first-order valence-electron chi connectivity index (χ1n) is 9.97. The maximum Gasteiger partial charge on any atom is 0.308 e. The Bertz CT molecular complexity index is 973. The maximum atomic E-state index is 12.9. The summed E-state index contributed by atoms with van der Waals surface area (Å²) in [6.07, 6.45) is -0.511. The number of nitrogens with zero attached hydrogens (tertiary/aromatic N) is 1. The van der Waals surface area contributed by atoms with Gasteiger partial charge in [-0.3, -0.25) is 9.59 Å². The lowest BCUT2D eigenvalue weighted by Gasteiger charge is -2.23. The highest BCUT2D eigenvalue weighted by Crippen LogP contribution is 2.34. The van der Waals surface area contributed by atoms with E-state index in [1.165, 1.54) is 7.11 Å². The van der Waals surface area contributed by atoms with Gasteiger partial charge in [0.25, 0.3) is 5.91 Å². The molecule has 0 radical (unpaired) electrons. The van der Waals surface area contributed by atoms with Crippen LogP contribution in [0.1, 0.15) is 37.8 Å². The molecule has 1 aliphatic rings. The second kappa shape index (κ2) is 9.51. The van der Waals surface area contributed by atoms with Gasteiger partial charge in [0.1, 0.15) is 0 Å². The molecule has 0 aliphatic carbocycles. The Morgan fingerprint density at radius 3 is 2.58 bits per heavy atom. The van der Waals surface area contributed by atoms with Crippen LogP contribution < -0.4 is 14.8 Å². The molecular weight excluding hydrogens is 400 g/mol. The second-order valence-electron chi connectivity index (χ2n) is 7.57. The number of aliphatic carboxylic acids is 1. The Morgan fingerprint density at radius 1 is 1.19 bits per heavy atom. The zero-order chi connectivity index (χ0) is 22.4. The molecule has 1 atom stereocenters. The summed E-state index contributed by atoms with van der Waals surface area (Å²) in [5.74, 6) is -0.579. The average Bonchev–Trinajstić information content (AvgIpc) is 3.17. The molecule has 2 aromatic carbocycles. The third-order valence-electron chi connectivity index (χ3n) is 4.79. The van der Waals surface area contributed by atoms with Crippen molar-refractivity contribution in [2.45, 2.75) is 44.9 Å². The maximum absolute atomic E-state index is 12.9. The number of hydrogen-bond acceptors (Lipinski definition) is 6. The highest BCUT2D eigenvalue weighted by molar-refractivity contribution is 6.06. The topological polar surface area (TPSA) is 106 Å². The predicted molar refractivity (Wildman–Crippen MR) is 114 cm³/mol. The lowest BCUT2D eigenvalue weighted by molar-refractivity contribution is -0.156. The number of nitrogens with one attached hydrogen (secondary N) is 1. The van der Waals surface area contributed by atoms with Crippen LogP contribution in [0, 0.1) is 0 Å². The van der Waals surface area contributed by atoms with E-state index in [0.717, 1.165) is 5.56 Å². The molecule has 0 saturated heterocycles. The van der Waals surface area contributed by atoms with E-state index in [0.29, 0.717) is 22.8 Å². The first kappa shape index (κ1) is 22.1. The third-order valence-corrected chi connectivity index (χ3v) is 4.79. The predicted octanol–water partition coefficient (Wildman–Crippen LogP) is 3.14. The van der Waals surface area contributed by atoms with Gasteiger partial charge in [0.2, 0.25) is 5.60 Å². The summed E-state index contributed by atoms with van der Waals surface area (Å²) in [6.45, 7) is 4.09. The van der Waals surface area contributed by atoms with Crippen LogP contribution >= 0.6 is 0 Å². The fourth-order valence-electron chi connectivity index (χ4n) is 3.31. The van der Waals surface area contributed by atoms with Gasteiger partial charge in [-0.05, 0) is 37.6 Å². The Kier molecular flexibility index (Phi) is 6.79. The molecule has 8 nitrogen and oxygen atoms in total. The van der Waals surface area contributed by atoms with E-state index in [1.807, 2.05) is 44.2 Å². The molecule has 2 N–H and O–H groups in total. The van der Waals surface area contributed by atoms with E-state index in [2.05, 4.69) is 10.5 Å². The van der Waals surface area contributed by atoms with Gasteiger partial charge in [-0.25, -0.2) is 0 Å². The summed E-state index contributed by atoms with van der Waals surface area (Å²) in [5, 5.41) is 16.2. The highest BCUT2D eigenvalue weighted by atomic mass is 16.7. The molecule has 0 unspecified atom stereocenters. The number of carboxylic acid groups (broad SMARTS) is 1. The summed E-state index contributed by atoms with van der Waals surface area (Å²) in [4.78, 5) is 29.9. The summed E-state index contributed by atoms with van der Waals surface area (Å²) < 4.78 is 11.1. The molecule has 0 aromatic heterocycles. The van der Waals surface area contributed by atoms with Crippen LogP contribution in [0.15, 0.2) is 53.7 Å². The molecule has 31 heavy (non-hydrogen) atoms. The first-order chi connectivity index (χ1) is 14.8. The van der Waals surface area contributed by atoms with Crippen molar-refractivity contribution in [3.05, 3.63) is 59.7 Å². The van der Waals surface area contributed by atoms with Crippen LogP contribution in [-0.2, 0) is 21.0 Å². The zero-order valence-electron chi connectivity index (χ0n) is 17.8. The standard InChI is InChI=1S/C23H26N2O6/c1-15(2)30-19-10-9-17(11-20(19)29-3)18-12-23(31-25-18,13-21(26)27)22(28)24-14-16-7-5-4-6-8-16/h4-11,15H,12-14H2,1-3H3,(H,24,28)(H,26,27)/t23-/m0/s1. The fourth-order valence-corrected chi connectivity index (χ4v) is 3.31. The van der Waals surface area contributed by atoms with Crippen molar-refractivity contribution in [3.8, 4) is 11.5 Å². The molecule has 0 saturated carbocycles. The average molecular weight is 426 g/mol. The SMILES string of the molecule is COc1cc(C2=NO[C@@](CC(=O)O)(C(=O)NCc3ccccc3)C2)ccc1OC(C)C. The number of carbonyl (C=O) groups excluding carboxylic acids is 1. The zero-order valence-corrected chi connectivity index (χ0v) is 17.8. The molecule has 1 aliphatic heterocycles. The number of rotatable bonds is 9. The van der Waals surface area contributed by atoms with Gasteiger partial charge in [0.15, 0.2) is 11.5 Å². The summed E-state index contributed by atoms with van der Waals surface area (Å²) in [7, 11) is 1.53. The van der Waals surface area contributed by atoms with Gasteiger partial charge in [0, 0.05) is 18.5 Å². The second-order valence-corrected chi connectivity index (χ2v) is 7.57. The first-order valence-corrected chi connectivity index (χ1v) is 9.97. The molecule has 1 amide bonds. The van der Waals surface area contributed by atoms with E-state index in [-0.39, 0.29) is 19.1 Å². The number of amides is 1. The van der Waals surface area contributed by atoms with Gasteiger partial charge < -0.3 is 24.7 Å². The van der Waals surface area contributed by atoms with E-state index in [4.69, 9.17) is 14.3 Å². The number of benzene rings is 2. The Balaban J connectivity index is 1.78. The number of hydrogen-bond donors (Lipinski definition) is 2. The Morgan fingerprint density at radius 2 is 1.94 bits per heavy atom. The molecule has 0 bridgehead atoms. The largest absolute Gasteiger partial charge is 0.493 e. The van der Waals surface area contributed by atoms with E-state index in [9.17, 15) is 14.7 Å². The van der Waals surface area contributed by atoms with Crippen molar-refractivity contribution < 1.29 is 29.0 Å². The Hall–Kier alpha value is -3.55. The molecule has 3 rings (SSSR count). The fraction of sp³-hybridized carbons (Fsp3) is 0.348. The van der Waals surface area contributed by atoms with Crippen LogP contribution in [0.4, 0.5) is 0 Å². The lowest BCUT2D eigenvalue weighted by Crippen LogP contribution is -2.48. The number of carboxylic acids is 1. The third kappa shape index (κ3) is 5.33. The van der Waals surface area contributed by atoms with E-state index < -0.39 is 23.9 Å². The number of carbonyl (C=O) groups is 2. The van der Waals surface area contributed by atoms with Crippen LogP contribution in [-0.4, -0.2) is 41.5 Å². The van der Waals surface area contributed by atoms with Gasteiger partial charge >= 0.3 is 5.97 Å². The van der Waals surface area contributed by atoms with Crippen molar-refractivity contribution in [1.82, 2.24) is 5.32 Å². The van der Waals surface area contributed by atoms with E-state index in [1.54, 1.807) is 18.2 Å². The van der Waals surface area contributed by atoms with Crippen molar-refractivity contribution in [1.29, 1.82) is 0 Å². The Labute approximate surface area is 180 Å². The number of ether oxygens (including phenoxy) is 2. The van der Waals surface area contributed by atoms with Crippen molar-refractivity contribution in [2.75, 3.05) is 7.11 Å². The van der Waals surface area contributed by atoms with Gasteiger partial charge in [0.05, 0.1) is 25.3 Å². The summed E-state index contributed by atoms with van der Waals surface area (Å²) in [5.41, 5.74) is 0.406. The van der Waals surface area contributed by atoms with Gasteiger partial charge in [-0.15, -0.1) is 0 Å². The number of oxime groups is 1. The van der Waals surface area contributed by atoms with Crippen LogP contribution in [0.5, 0.6) is 11.5 Å². The summed E-state index contributed by atoms with van der Waals surface area (Å²) >= 11 is 0. The minimum atomic E-state index is -1.61. The lowest BCUT2D eigenvalue weighted by atomic mass is 9.90. The smallest absolute Gasteiger partial charge is 0.308 e. The highest BCUT2D eigenvalue weighted by Gasteiger charge is 2.48. The summed E-state index contributed by atoms with van der Waals surface area (Å²) in [6, 6.07) is 14.6. The van der Waals surface area contributed by atoms with Gasteiger partial charge in [-0.1, -0.05) is 35.5 Å². The normalized spacial score (nSPS) is 17.6. The quantitative estimate of drug-likeness (QED) is 0.638. The number of methoxy groups -OCH3 is 1. The molecule has 2 aromatic rings. The van der Waals surface area contributed by atoms with Crippen LogP contribution in [0.2, 0.25) is 0 Å². The van der Waals surface area contributed by atoms with E-state index >= 15 is 0 Å².